The Bertz CT molecular complexity index is 480. The van der Waals surface area contributed by atoms with Gasteiger partial charge in [0.15, 0.2) is 5.82 Å². The molecule has 0 atom stereocenters. The molecule has 20 heavy (non-hydrogen) atoms. The van der Waals surface area contributed by atoms with Gasteiger partial charge in [-0.3, -0.25) is 0 Å². The van der Waals surface area contributed by atoms with E-state index in [9.17, 15) is 9.18 Å². The van der Waals surface area contributed by atoms with Gasteiger partial charge in [-0.15, -0.1) is 0 Å². The summed E-state index contributed by atoms with van der Waals surface area (Å²) >= 11 is 3.04. The maximum Gasteiger partial charge on any atom is 0.336 e. The molecule has 6 heteroatoms. The van der Waals surface area contributed by atoms with E-state index in [4.69, 9.17) is 5.11 Å². The number of carboxylic acid groups (broad SMARTS) is 1. The van der Waals surface area contributed by atoms with E-state index < -0.39 is 11.8 Å². The second-order valence-corrected chi connectivity index (χ2v) is 5.65. The average molecular weight is 347 g/mol. The Hall–Kier alpha value is -1.14. The number of likely N-dealkylation sites (N-methyl/N-ethyl adjacent to an activating group) is 1. The number of nitrogens with zero attached hydrogens (tertiary/aromatic N) is 2. The molecule has 4 nitrogen and oxygen atoms in total. The number of anilines is 1. The monoisotopic (exact) mass is 346 g/mol. The van der Waals surface area contributed by atoms with Crippen molar-refractivity contribution in [2.45, 2.75) is 13.3 Å². The fourth-order valence-corrected chi connectivity index (χ4v) is 2.40. The van der Waals surface area contributed by atoms with E-state index in [1.54, 1.807) is 0 Å². The van der Waals surface area contributed by atoms with Gasteiger partial charge in [0.25, 0.3) is 0 Å². The van der Waals surface area contributed by atoms with Crippen LogP contribution in [0, 0.1) is 5.82 Å². The van der Waals surface area contributed by atoms with Crippen molar-refractivity contribution in [3.8, 4) is 0 Å². The minimum Gasteiger partial charge on any atom is -0.478 e. The van der Waals surface area contributed by atoms with Gasteiger partial charge in [-0.1, -0.05) is 6.92 Å². The molecular weight excluding hydrogens is 327 g/mol. The van der Waals surface area contributed by atoms with Crippen molar-refractivity contribution >= 4 is 27.6 Å². The molecule has 0 aliphatic rings. The van der Waals surface area contributed by atoms with E-state index in [2.05, 4.69) is 15.9 Å². The SMILES string of the molecule is CCCN(CCN(C)C)c1ccc(C(=O)O)c(Br)c1F. The van der Waals surface area contributed by atoms with Gasteiger partial charge in [0.2, 0.25) is 0 Å². The summed E-state index contributed by atoms with van der Waals surface area (Å²) in [6.45, 7) is 4.25. The highest BCUT2D eigenvalue weighted by Crippen LogP contribution is 2.29. The lowest BCUT2D eigenvalue weighted by Crippen LogP contribution is -2.33. The summed E-state index contributed by atoms with van der Waals surface area (Å²) in [6.07, 6.45) is 0.894. The van der Waals surface area contributed by atoms with E-state index in [1.165, 1.54) is 12.1 Å². The third-order valence-electron chi connectivity index (χ3n) is 2.94. The molecule has 0 unspecified atom stereocenters. The molecule has 0 aliphatic carbocycles. The number of halogens is 2. The Morgan fingerprint density at radius 1 is 1.30 bits per heavy atom. The van der Waals surface area contributed by atoms with Crippen LogP contribution in [0.15, 0.2) is 16.6 Å². The molecule has 0 fully saturated rings. The Kier molecular flexibility index (Phi) is 6.42. The smallest absolute Gasteiger partial charge is 0.336 e. The van der Waals surface area contributed by atoms with Crippen LogP contribution in [0.4, 0.5) is 10.1 Å². The minimum absolute atomic E-state index is 0.00783. The second-order valence-electron chi connectivity index (χ2n) is 4.86. The summed E-state index contributed by atoms with van der Waals surface area (Å²) < 4.78 is 14.4. The predicted molar refractivity (Wildman–Crippen MR) is 82.1 cm³/mol. The van der Waals surface area contributed by atoms with Crippen molar-refractivity contribution in [1.29, 1.82) is 0 Å². The second kappa shape index (κ2) is 7.59. The maximum absolute atomic E-state index is 14.4. The fourth-order valence-electron chi connectivity index (χ4n) is 1.89. The quantitative estimate of drug-likeness (QED) is 0.823. The average Bonchev–Trinajstić information content (AvgIpc) is 2.37. The highest BCUT2D eigenvalue weighted by atomic mass is 79.9. The number of benzene rings is 1. The first-order valence-electron chi connectivity index (χ1n) is 6.49. The van der Waals surface area contributed by atoms with Crippen LogP contribution in [0.3, 0.4) is 0 Å². The van der Waals surface area contributed by atoms with Gasteiger partial charge in [-0.25, -0.2) is 9.18 Å². The maximum atomic E-state index is 14.4. The van der Waals surface area contributed by atoms with Gasteiger partial charge in [0, 0.05) is 19.6 Å². The standard InChI is InChI=1S/C14H20BrFN2O2/c1-4-7-18(9-8-17(2)3)11-6-5-10(14(19)20)12(15)13(11)16/h5-6H,4,7-9H2,1-3H3,(H,19,20). The fraction of sp³-hybridized carbons (Fsp3) is 0.500. The number of aromatic carboxylic acids is 1. The van der Waals surface area contributed by atoms with Crippen LogP contribution in [0.25, 0.3) is 0 Å². The first-order chi connectivity index (χ1) is 9.38. The summed E-state index contributed by atoms with van der Waals surface area (Å²) in [5, 5.41) is 8.98. The largest absolute Gasteiger partial charge is 0.478 e. The van der Waals surface area contributed by atoms with E-state index >= 15 is 0 Å². The first-order valence-corrected chi connectivity index (χ1v) is 7.28. The molecule has 1 aromatic carbocycles. The lowest BCUT2D eigenvalue weighted by molar-refractivity contribution is 0.0695. The van der Waals surface area contributed by atoms with Crippen LogP contribution in [0.2, 0.25) is 0 Å². The zero-order chi connectivity index (χ0) is 15.3. The molecule has 0 spiro atoms. The van der Waals surface area contributed by atoms with Crippen LogP contribution in [-0.4, -0.2) is 49.7 Å². The van der Waals surface area contributed by atoms with Crippen molar-refractivity contribution in [2.75, 3.05) is 38.6 Å². The van der Waals surface area contributed by atoms with E-state index in [-0.39, 0.29) is 10.0 Å². The number of hydrogen-bond donors (Lipinski definition) is 1. The van der Waals surface area contributed by atoms with E-state index in [0.29, 0.717) is 12.2 Å². The number of carbonyl (C=O) groups is 1. The van der Waals surface area contributed by atoms with Gasteiger partial charge < -0.3 is 14.9 Å². The zero-order valence-corrected chi connectivity index (χ0v) is 13.6. The molecular formula is C14H20BrFN2O2. The Morgan fingerprint density at radius 2 is 1.95 bits per heavy atom. The van der Waals surface area contributed by atoms with Crippen LogP contribution < -0.4 is 4.90 Å². The topological polar surface area (TPSA) is 43.8 Å². The molecule has 0 saturated heterocycles. The summed E-state index contributed by atoms with van der Waals surface area (Å²) in [5.41, 5.74) is 0.376. The molecule has 0 saturated carbocycles. The van der Waals surface area contributed by atoms with Crippen LogP contribution in [-0.2, 0) is 0 Å². The van der Waals surface area contributed by atoms with Gasteiger partial charge >= 0.3 is 5.97 Å². The Morgan fingerprint density at radius 3 is 2.45 bits per heavy atom. The van der Waals surface area contributed by atoms with Gasteiger partial charge in [-0.2, -0.15) is 0 Å². The summed E-state index contributed by atoms with van der Waals surface area (Å²) in [6, 6.07) is 2.97. The third-order valence-corrected chi connectivity index (χ3v) is 3.72. The molecule has 112 valence electrons. The minimum atomic E-state index is -1.14. The lowest BCUT2D eigenvalue weighted by Gasteiger charge is -2.27. The summed E-state index contributed by atoms with van der Waals surface area (Å²) in [7, 11) is 3.92. The highest BCUT2D eigenvalue weighted by Gasteiger charge is 2.19. The lowest BCUT2D eigenvalue weighted by atomic mass is 10.1. The van der Waals surface area contributed by atoms with Crippen LogP contribution in [0.5, 0.6) is 0 Å². The molecule has 0 radical (unpaired) electrons. The molecule has 1 aromatic rings. The molecule has 0 bridgehead atoms. The predicted octanol–water partition coefficient (Wildman–Crippen LogP) is 3.06. The van der Waals surface area contributed by atoms with Gasteiger partial charge in [0.05, 0.1) is 15.7 Å². The van der Waals surface area contributed by atoms with Crippen molar-refractivity contribution in [2.24, 2.45) is 0 Å². The number of hydrogen-bond acceptors (Lipinski definition) is 3. The van der Waals surface area contributed by atoms with E-state index in [1.807, 2.05) is 30.8 Å². The normalized spacial score (nSPS) is 10.9. The van der Waals surface area contributed by atoms with Crippen molar-refractivity contribution in [3.63, 3.8) is 0 Å². The molecule has 0 amide bonds. The third kappa shape index (κ3) is 4.18. The van der Waals surface area contributed by atoms with Crippen molar-refractivity contribution in [1.82, 2.24) is 4.90 Å². The van der Waals surface area contributed by atoms with Crippen LogP contribution in [0.1, 0.15) is 23.7 Å². The first kappa shape index (κ1) is 16.9. The molecule has 0 aromatic heterocycles. The summed E-state index contributed by atoms with van der Waals surface area (Å²) in [5.74, 6) is -1.66. The molecule has 0 aliphatic heterocycles. The number of carboxylic acids is 1. The summed E-state index contributed by atoms with van der Waals surface area (Å²) in [4.78, 5) is 14.9. The Balaban J connectivity index is 3.07. The number of rotatable bonds is 7. The molecule has 1 N–H and O–H groups in total. The van der Waals surface area contributed by atoms with Crippen LogP contribution >= 0.6 is 15.9 Å². The molecule has 1 rings (SSSR count). The molecule has 0 heterocycles. The zero-order valence-electron chi connectivity index (χ0n) is 12.0. The van der Waals surface area contributed by atoms with E-state index in [0.717, 1.165) is 19.5 Å². The Labute approximate surface area is 127 Å². The van der Waals surface area contributed by atoms with Crippen molar-refractivity contribution in [3.05, 3.63) is 28.0 Å². The van der Waals surface area contributed by atoms with Gasteiger partial charge in [0.1, 0.15) is 0 Å². The van der Waals surface area contributed by atoms with Gasteiger partial charge in [-0.05, 0) is 48.6 Å². The highest BCUT2D eigenvalue weighted by molar-refractivity contribution is 9.10. The van der Waals surface area contributed by atoms with Crippen molar-refractivity contribution < 1.29 is 14.3 Å².